The van der Waals surface area contributed by atoms with Gasteiger partial charge in [0.2, 0.25) is 0 Å². The lowest BCUT2D eigenvalue weighted by Crippen LogP contribution is -2.42. The smallest absolute Gasteiger partial charge is 0.335 e. The first-order valence-electron chi connectivity index (χ1n) is 7.89. The fraction of sp³-hybridized carbons (Fsp3) is 0.412. The predicted molar refractivity (Wildman–Crippen MR) is 82.9 cm³/mol. The first-order chi connectivity index (χ1) is 11.4. The number of rotatable bonds is 2. The number of halogens is 3. The number of likely N-dealkylation sites (tertiary alicyclic amines) is 1. The lowest BCUT2D eigenvalue weighted by Gasteiger charge is -2.32. The normalized spacial score (nSPS) is 18.7. The number of piperidine rings is 1. The summed E-state index contributed by atoms with van der Waals surface area (Å²) in [6.07, 6.45) is 1.48. The van der Waals surface area contributed by atoms with Gasteiger partial charge in [0.25, 0.3) is 5.91 Å². The maximum Gasteiger partial charge on any atom is 0.416 e. The number of alkyl halides is 3. The Labute approximate surface area is 137 Å². The van der Waals surface area contributed by atoms with Gasteiger partial charge in [-0.15, -0.1) is 0 Å². The standard InChI is InChI=1S/C17H18F3N3O/c1-12-5-2-3-8-23(12)16(24)15-10-22(11-21-15)14-7-4-6-13(9-14)17(18,19)20/h4,6-7,9-12H,2-3,5,8H2,1H3. The van der Waals surface area contributed by atoms with Gasteiger partial charge < -0.3 is 9.47 Å². The molecule has 4 nitrogen and oxygen atoms in total. The summed E-state index contributed by atoms with van der Waals surface area (Å²) in [4.78, 5) is 18.4. The van der Waals surface area contributed by atoms with Gasteiger partial charge in [-0.05, 0) is 44.4 Å². The van der Waals surface area contributed by atoms with Crippen molar-refractivity contribution in [3.63, 3.8) is 0 Å². The number of hydrogen-bond donors (Lipinski definition) is 0. The Bertz CT molecular complexity index is 739. The Balaban J connectivity index is 1.84. The van der Waals surface area contributed by atoms with E-state index < -0.39 is 11.7 Å². The number of hydrogen-bond acceptors (Lipinski definition) is 2. The summed E-state index contributed by atoms with van der Waals surface area (Å²) >= 11 is 0. The number of nitrogens with zero attached hydrogens (tertiary/aromatic N) is 3. The molecule has 128 valence electrons. The minimum absolute atomic E-state index is 0.157. The van der Waals surface area contributed by atoms with Crippen LogP contribution in [0.1, 0.15) is 42.2 Å². The molecular weight excluding hydrogens is 319 g/mol. The average molecular weight is 337 g/mol. The van der Waals surface area contributed by atoms with Gasteiger partial charge in [0.15, 0.2) is 0 Å². The van der Waals surface area contributed by atoms with Crippen molar-refractivity contribution in [3.05, 3.63) is 48.0 Å². The van der Waals surface area contributed by atoms with Crippen molar-refractivity contribution in [2.24, 2.45) is 0 Å². The zero-order valence-corrected chi connectivity index (χ0v) is 13.3. The highest BCUT2D eigenvalue weighted by Crippen LogP contribution is 2.30. The van der Waals surface area contributed by atoms with Crippen molar-refractivity contribution in [3.8, 4) is 5.69 Å². The lowest BCUT2D eigenvalue weighted by atomic mass is 10.0. The van der Waals surface area contributed by atoms with Gasteiger partial charge in [0.1, 0.15) is 12.0 Å². The summed E-state index contributed by atoms with van der Waals surface area (Å²) in [6.45, 7) is 2.69. The van der Waals surface area contributed by atoms with Gasteiger partial charge in [-0.25, -0.2) is 4.98 Å². The maximum absolute atomic E-state index is 12.8. The van der Waals surface area contributed by atoms with Gasteiger partial charge in [0.05, 0.1) is 5.56 Å². The number of amides is 1. The molecule has 1 aliphatic heterocycles. The second-order valence-corrected chi connectivity index (χ2v) is 6.06. The van der Waals surface area contributed by atoms with E-state index >= 15 is 0 Å². The van der Waals surface area contributed by atoms with E-state index in [0.29, 0.717) is 12.2 Å². The molecule has 7 heteroatoms. The first kappa shape index (κ1) is 16.5. The largest absolute Gasteiger partial charge is 0.416 e. The molecule has 1 aliphatic rings. The van der Waals surface area contributed by atoms with E-state index in [1.807, 2.05) is 6.92 Å². The van der Waals surface area contributed by atoms with Crippen molar-refractivity contribution in [1.82, 2.24) is 14.5 Å². The molecule has 3 rings (SSSR count). The monoisotopic (exact) mass is 337 g/mol. The summed E-state index contributed by atoms with van der Waals surface area (Å²) in [6, 6.07) is 5.10. The van der Waals surface area contributed by atoms with Gasteiger partial charge in [-0.1, -0.05) is 6.07 Å². The van der Waals surface area contributed by atoms with E-state index in [0.717, 1.165) is 31.4 Å². The number of imidazole rings is 1. The van der Waals surface area contributed by atoms with Crippen LogP contribution in [0, 0.1) is 0 Å². The molecule has 0 N–H and O–H groups in total. The van der Waals surface area contributed by atoms with E-state index in [2.05, 4.69) is 4.98 Å². The highest BCUT2D eigenvalue weighted by molar-refractivity contribution is 5.92. The van der Waals surface area contributed by atoms with Crippen LogP contribution in [0.5, 0.6) is 0 Å². The molecule has 24 heavy (non-hydrogen) atoms. The summed E-state index contributed by atoms with van der Waals surface area (Å²) in [7, 11) is 0. The summed E-state index contributed by atoms with van der Waals surface area (Å²) < 4.78 is 39.9. The van der Waals surface area contributed by atoms with Crippen LogP contribution in [0.4, 0.5) is 13.2 Å². The van der Waals surface area contributed by atoms with Crippen LogP contribution in [0.2, 0.25) is 0 Å². The Morgan fingerprint density at radius 1 is 1.29 bits per heavy atom. The van der Waals surface area contributed by atoms with Crippen LogP contribution in [-0.4, -0.2) is 32.9 Å². The number of benzene rings is 1. The SMILES string of the molecule is CC1CCCCN1C(=O)c1cn(-c2cccc(C(F)(F)F)c2)cn1. The van der Waals surface area contributed by atoms with E-state index in [-0.39, 0.29) is 17.6 Å². The van der Waals surface area contributed by atoms with Gasteiger partial charge in [-0.2, -0.15) is 13.2 Å². The summed E-state index contributed by atoms with van der Waals surface area (Å²) in [5.74, 6) is -0.173. The Kier molecular flexibility index (Phi) is 4.34. The van der Waals surface area contributed by atoms with Crippen LogP contribution in [-0.2, 0) is 6.18 Å². The average Bonchev–Trinajstić information content (AvgIpc) is 3.04. The van der Waals surface area contributed by atoms with E-state index in [1.54, 1.807) is 11.0 Å². The highest BCUT2D eigenvalue weighted by Gasteiger charge is 2.30. The molecule has 0 aliphatic carbocycles. The molecular formula is C17H18F3N3O. The van der Waals surface area contributed by atoms with Crippen LogP contribution in [0.15, 0.2) is 36.8 Å². The molecule has 1 aromatic carbocycles. The van der Waals surface area contributed by atoms with E-state index in [9.17, 15) is 18.0 Å². The molecule has 0 radical (unpaired) electrons. The Hall–Kier alpha value is -2.31. The molecule has 0 bridgehead atoms. The van der Waals surface area contributed by atoms with E-state index in [1.165, 1.54) is 23.2 Å². The molecule has 1 unspecified atom stereocenters. The zero-order valence-electron chi connectivity index (χ0n) is 13.3. The number of carbonyl (C=O) groups is 1. The molecule has 0 spiro atoms. The van der Waals surface area contributed by atoms with E-state index in [4.69, 9.17) is 0 Å². The number of aromatic nitrogens is 2. The topological polar surface area (TPSA) is 38.1 Å². The van der Waals surface area contributed by atoms with Gasteiger partial charge in [0, 0.05) is 24.5 Å². The first-order valence-corrected chi connectivity index (χ1v) is 7.89. The van der Waals surface area contributed by atoms with Crippen LogP contribution >= 0.6 is 0 Å². The minimum atomic E-state index is -4.40. The third-order valence-corrected chi connectivity index (χ3v) is 4.34. The van der Waals surface area contributed by atoms with Crippen LogP contribution < -0.4 is 0 Å². The predicted octanol–water partition coefficient (Wildman–Crippen LogP) is 3.91. The van der Waals surface area contributed by atoms with Crippen molar-refractivity contribution < 1.29 is 18.0 Å². The van der Waals surface area contributed by atoms with Crippen LogP contribution in [0.3, 0.4) is 0 Å². The van der Waals surface area contributed by atoms with Gasteiger partial charge >= 0.3 is 6.18 Å². The highest BCUT2D eigenvalue weighted by atomic mass is 19.4. The zero-order chi connectivity index (χ0) is 17.3. The van der Waals surface area contributed by atoms with Gasteiger partial charge in [-0.3, -0.25) is 4.79 Å². The molecule has 2 aromatic rings. The fourth-order valence-electron chi connectivity index (χ4n) is 2.96. The number of carbonyl (C=O) groups excluding carboxylic acids is 1. The van der Waals surface area contributed by atoms with Crippen molar-refractivity contribution in [1.29, 1.82) is 0 Å². The molecule has 1 aromatic heterocycles. The fourth-order valence-corrected chi connectivity index (χ4v) is 2.96. The molecule has 0 saturated carbocycles. The van der Waals surface area contributed by atoms with Crippen molar-refractivity contribution in [2.75, 3.05) is 6.54 Å². The molecule has 1 amide bonds. The minimum Gasteiger partial charge on any atom is -0.335 e. The Morgan fingerprint density at radius 2 is 2.08 bits per heavy atom. The lowest BCUT2D eigenvalue weighted by molar-refractivity contribution is -0.137. The third-order valence-electron chi connectivity index (χ3n) is 4.34. The maximum atomic E-state index is 12.8. The van der Waals surface area contributed by atoms with Crippen LogP contribution in [0.25, 0.3) is 5.69 Å². The quantitative estimate of drug-likeness (QED) is 0.833. The summed E-state index contributed by atoms with van der Waals surface area (Å²) in [5, 5.41) is 0. The third kappa shape index (κ3) is 3.29. The Morgan fingerprint density at radius 3 is 2.79 bits per heavy atom. The second kappa shape index (κ2) is 6.30. The second-order valence-electron chi connectivity index (χ2n) is 6.06. The molecule has 2 heterocycles. The van der Waals surface area contributed by atoms with Crippen molar-refractivity contribution in [2.45, 2.75) is 38.4 Å². The molecule has 1 fully saturated rings. The molecule has 1 atom stereocenters. The van der Waals surface area contributed by atoms with Crippen molar-refractivity contribution >= 4 is 5.91 Å². The molecule has 1 saturated heterocycles. The summed E-state index contributed by atoms with van der Waals surface area (Å²) in [5.41, 5.74) is -0.157.